The van der Waals surface area contributed by atoms with Gasteiger partial charge in [0.15, 0.2) is 0 Å². The molecule has 59 valence electrons. The molecule has 1 aromatic heterocycles. The van der Waals surface area contributed by atoms with Crippen molar-refractivity contribution >= 4 is 5.78 Å². The molecule has 1 aromatic rings. The highest BCUT2D eigenvalue weighted by molar-refractivity contribution is 5.79. The predicted molar refractivity (Wildman–Crippen MR) is 42.0 cm³/mol. The number of ketones is 1. The van der Waals surface area contributed by atoms with Gasteiger partial charge in [-0.15, -0.1) is 0 Å². The van der Waals surface area contributed by atoms with Crippen LogP contribution in [0.3, 0.4) is 0 Å². The number of imidazole rings is 1. The van der Waals surface area contributed by atoms with E-state index < -0.39 is 0 Å². The minimum absolute atomic E-state index is 0.194. The average molecular weight is 151 g/mol. The minimum atomic E-state index is 0.194. The number of carbonyl (C=O) groups is 1. The topological polar surface area (TPSA) is 45.8 Å². The first-order valence-electron chi connectivity index (χ1n) is 3.60. The van der Waals surface area contributed by atoms with Crippen LogP contribution in [0.2, 0.25) is 0 Å². The molecule has 0 atom stereocenters. The summed E-state index contributed by atoms with van der Waals surface area (Å²) in [6.45, 7) is 5.49. The first-order valence-corrected chi connectivity index (χ1v) is 3.60. The minimum Gasteiger partial charge on any atom is -0.345 e. The van der Waals surface area contributed by atoms with Gasteiger partial charge in [-0.3, -0.25) is 4.79 Å². The van der Waals surface area contributed by atoms with Crippen molar-refractivity contribution in [2.24, 2.45) is 0 Å². The Balaban J connectivity index is 2.57. The highest BCUT2D eigenvalue weighted by Gasteiger charge is 2.02. The zero-order valence-corrected chi connectivity index (χ0v) is 6.55. The summed E-state index contributed by atoms with van der Waals surface area (Å²) in [4.78, 5) is 17.8. The monoisotopic (exact) mass is 151 g/mol. The summed E-state index contributed by atoms with van der Waals surface area (Å²) in [6, 6.07) is 0. The summed E-state index contributed by atoms with van der Waals surface area (Å²) in [5.41, 5.74) is 0.754. The van der Waals surface area contributed by atoms with Gasteiger partial charge in [-0.2, -0.15) is 0 Å². The normalized spacial score (nSPS) is 10.0. The SMILES string of the molecule is [CH2]c1cnc(CC(=O)CC)[nH]1. The average Bonchev–Trinajstić information content (AvgIpc) is 2.35. The second-order valence-electron chi connectivity index (χ2n) is 2.42. The van der Waals surface area contributed by atoms with Crippen LogP contribution < -0.4 is 0 Å². The Morgan fingerprint density at radius 1 is 1.82 bits per heavy atom. The molecule has 1 rings (SSSR count). The molecule has 0 aliphatic carbocycles. The Kier molecular flexibility index (Phi) is 2.41. The van der Waals surface area contributed by atoms with Gasteiger partial charge in [0.05, 0.1) is 6.42 Å². The Hall–Kier alpha value is -1.12. The number of hydrogen-bond acceptors (Lipinski definition) is 2. The molecule has 0 amide bonds. The molecule has 3 nitrogen and oxygen atoms in total. The van der Waals surface area contributed by atoms with E-state index in [1.807, 2.05) is 6.92 Å². The third kappa shape index (κ3) is 2.18. The van der Waals surface area contributed by atoms with Crippen molar-refractivity contribution in [3.8, 4) is 0 Å². The smallest absolute Gasteiger partial charge is 0.140 e. The van der Waals surface area contributed by atoms with Crippen molar-refractivity contribution in [3.63, 3.8) is 0 Å². The largest absolute Gasteiger partial charge is 0.345 e. The molecule has 1 heterocycles. The van der Waals surface area contributed by atoms with Gasteiger partial charge in [-0.25, -0.2) is 4.98 Å². The maximum atomic E-state index is 10.9. The van der Waals surface area contributed by atoms with Gasteiger partial charge in [0.1, 0.15) is 11.6 Å². The summed E-state index contributed by atoms with van der Waals surface area (Å²) in [5.74, 6) is 0.904. The molecule has 0 fully saturated rings. The fourth-order valence-corrected chi connectivity index (χ4v) is 0.807. The van der Waals surface area contributed by atoms with Gasteiger partial charge >= 0.3 is 0 Å². The Morgan fingerprint density at radius 3 is 3.00 bits per heavy atom. The van der Waals surface area contributed by atoms with Gasteiger partial charge in [-0.1, -0.05) is 6.92 Å². The fraction of sp³-hybridized carbons (Fsp3) is 0.375. The zero-order valence-electron chi connectivity index (χ0n) is 6.55. The summed E-state index contributed by atoms with van der Waals surface area (Å²) in [5, 5.41) is 0. The maximum Gasteiger partial charge on any atom is 0.140 e. The van der Waals surface area contributed by atoms with Crippen molar-refractivity contribution in [1.29, 1.82) is 0 Å². The molecule has 11 heavy (non-hydrogen) atoms. The molecule has 0 bridgehead atoms. The van der Waals surface area contributed by atoms with Crippen LogP contribution in [0.15, 0.2) is 6.20 Å². The zero-order chi connectivity index (χ0) is 8.27. The number of hydrogen-bond donors (Lipinski definition) is 1. The van der Waals surface area contributed by atoms with Gasteiger partial charge in [0, 0.05) is 18.3 Å². The second kappa shape index (κ2) is 3.32. The molecule has 3 heteroatoms. The van der Waals surface area contributed by atoms with Crippen LogP contribution in [-0.4, -0.2) is 15.8 Å². The highest BCUT2D eigenvalue weighted by Crippen LogP contribution is 1.97. The number of nitrogens with zero attached hydrogens (tertiary/aromatic N) is 1. The fourth-order valence-electron chi connectivity index (χ4n) is 0.807. The Morgan fingerprint density at radius 2 is 2.55 bits per heavy atom. The van der Waals surface area contributed by atoms with Crippen LogP contribution in [0.5, 0.6) is 0 Å². The van der Waals surface area contributed by atoms with Gasteiger partial charge < -0.3 is 4.98 Å². The first kappa shape index (κ1) is 7.98. The lowest BCUT2D eigenvalue weighted by molar-refractivity contribution is -0.118. The lowest BCUT2D eigenvalue weighted by Gasteiger charge is -1.91. The summed E-state index contributed by atoms with van der Waals surface area (Å²) >= 11 is 0. The van der Waals surface area contributed by atoms with Crippen LogP contribution in [0.1, 0.15) is 24.9 Å². The number of rotatable bonds is 3. The van der Waals surface area contributed by atoms with E-state index in [9.17, 15) is 4.79 Å². The van der Waals surface area contributed by atoms with Gasteiger partial charge in [0.2, 0.25) is 0 Å². The van der Waals surface area contributed by atoms with E-state index in [2.05, 4.69) is 16.9 Å². The van der Waals surface area contributed by atoms with E-state index in [-0.39, 0.29) is 5.78 Å². The van der Waals surface area contributed by atoms with Gasteiger partial charge in [0.25, 0.3) is 0 Å². The van der Waals surface area contributed by atoms with Crippen molar-refractivity contribution in [2.45, 2.75) is 19.8 Å². The number of nitrogens with one attached hydrogen (secondary N) is 1. The molecule has 0 aliphatic heterocycles. The summed E-state index contributed by atoms with van der Waals surface area (Å²) < 4.78 is 0. The number of aromatic amines is 1. The van der Waals surface area contributed by atoms with Crippen LogP contribution in [0.25, 0.3) is 0 Å². The molecule has 0 aliphatic rings. The lowest BCUT2D eigenvalue weighted by Crippen LogP contribution is -2.01. The van der Waals surface area contributed by atoms with Crippen LogP contribution in [0.4, 0.5) is 0 Å². The molecule has 1 N–H and O–H groups in total. The van der Waals surface area contributed by atoms with Crippen molar-refractivity contribution in [3.05, 3.63) is 24.6 Å². The number of Topliss-reactive ketones (excluding diaryl/α,β-unsaturated/α-hetero) is 1. The van der Waals surface area contributed by atoms with Crippen molar-refractivity contribution in [1.82, 2.24) is 9.97 Å². The molecule has 1 radical (unpaired) electrons. The lowest BCUT2D eigenvalue weighted by atomic mass is 10.2. The van der Waals surface area contributed by atoms with E-state index in [0.717, 1.165) is 5.69 Å². The first-order chi connectivity index (χ1) is 5.22. The van der Waals surface area contributed by atoms with E-state index in [1.165, 1.54) is 0 Å². The van der Waals surface area contributed by atoms with E-state index >= 15 is 0 Å². The van der Waals surface area contributed by atoms with E-state index in [0.29, 0.717) is 18.7 Å². The highest BCUT2D eigenvalue weighted by atomic mass is 16.1. The quantitative estimate of drug-likeness (QED) is 0.703. The maximum absolute atomic E-state index is 10.9. The van der Waals surface area contributed by atoms with Gasteiger partial charge in [-0.05, 0) is 6.92 Å². The van der Waals surface area contributed by atoms with Crippen molar-refractivity contribution in [2.75, 3.05) is 0 Å². The molecule has 0 saturated carbocycles. The molecule has 0 unspecified atom stereocenters. The van der Waals surface area contributed by atoms with E-state index in [4.69, 9.17) is 0 Å². The summed E-state index contributed by atoms with van der Waals surface area (Å²) in [7, 11) is 0. The molecule has 0 aromatic carbocycles. The Bertz CT molecular complexity index is 252. The molecular weight excluding hydrogens is 140 g/mol. The molecular formula is C8H11N2O. The molecule has 0 spiro atoms. The number of carbonyl (C=O) groups excluding carboxylic acids is 1. The Labute approximate surface area is 65.8 Å². The summed E-state index contributed by atoms with van der Waals surface area (Å²) in [6.07, 6.45) is 2.58. The van der Waals surface area contributed by atoms with Crippen molar-refractivity contribution < 1.29 is 4.79 Å². The van der Waals surface area contributed by atoms with Crippen LogP contribution in [-0.2, 0) is 11.2 Å². The number of aromatic nitrogens is 2. The van der Waals surface area contributed by atoms with Crippen LogP contribution >= 0.6 is 0 Å². The number of H-pyrrole nitrogens is 1. The molecule has 0 saturated heterocycles. The van der Waals surface area contributed by atoms with E-state index in [1.54, 1.807) is 6.20 Å². The third-order valence-corrected chi connectivity index (χ3v) is 1.44. The van der Waals surface area contributed by atoms with Crippen LogP contribution in [0, 0.1) is 6.92 Å². The third-order valence-electron chi connectivity index (χ3n) is 1.44. The standard InChI is InChI=1S/C8H11N2O/c1-3-7(11)4-8-9-5-6(2)10-8/h5H,2-4H2,1H3,(H,9,10). The predicted octanol–water partition coefficient (Wildman–Crippen LogP) is 1.11. The second-order valence-corrected chi connectivity index (χ2v) is 2.42.